The van der Waals surface area contributed by atoms with Gasteiger partial charge in [-0.3, -0.25) is 0 Å². The number of aryl methyl sites for hydroxylation is 2. The summed E-state index contributed by atoms with van der Waals surface area (Å²) in [6.45, 7) is 2.64. The predicted molar refractivity (Wildman–Crippen MR) is 97.7 cm³/mol. The second-order valence-corrected chi connectivity index (χ2v) is 6.96. The molecule has 1 aromatic carbocycles. The summed E-state index contributed by atoms with van der Waals surface area (Å²) >= 11 is 6.09. The molecule has 0 atom stereocenters. The van der Waals surface area contributed by atoms with E-state index in [0.29, 0.717) is 5.56 Å². The number of hydrogen-bond donors (Lipinski definition) is 0. The van der Waals surface area contributed by atoms with E-state index < -0.39 is 0 Å². The molecule has 4 heterocycles. The maximum absolute atomic E-state index is 14.0. The van der Waals surface area contributed by atoms with E-state index in [1.165, 1.54) is 6.33 Å². The van der Waals surface area contributed by atoms with Gasteiger partial charge in [0, 0.05) is 30.3 Å². The predicted octanol–water partition coefficient (Wildman–Crippen LogP) is 4.31. The Morgan fingerprint density at radius 1 is 1.19 bits per heavy atom. The highest BCUT2D eigenvalue weighted by Crippen LogP contribution is 2.37. The van der Waals surface area contributed by atoms with Crippen molar-refractivity contribution in [3.8, 4) is 22.5 Å². The zero-order valence-corrected chi connectivity index (χ0v) is 14.8. The zero-order valence-electron chi connectivity index (χ0n) is 14.1. The number of pyridine rings is 1. The van der Waals surface area contributed by atoms with E-state index in [-0.39, 0.29) is 10.8 Å². The minimum Gasteiger partial charge on any atom is -0.327 e. The van der Waals surface area contributed by atoms with Crippen LogP contribution in [0.15, 0.2) is 36.8 Å². The van der Waals surface area contributed by atoms with Crippen molar-refractivity contribution in [2.24, 2.45) is 0 Å². The quantitative estimate of drug-likeness (QED) is 0.530. The van der Waals surface area contributed by atoms with Crippen LogP contribution in [0, 0.1) is 12.7 Å². The van der Waals surface area contributed by atoms with Gasteiger partial charge in [-0.2, -0.15) is 5.10 Å². The van der Waals surface area contributed by atoms with Crippen LogP contribution in [0.1, 0.15) is 17.8 Å². The summed E-state index contributed by atoms with van der Waals surface area (Å²) in [5, 5.41) is 4.35. The molecule has 1 aliphatic heterocycles. The summed E-state index contributed by atoms with van der Waals surface area (Å²) in [6, 6.07) is 7.41. The number of imidazole rings is 1. The van der Waals surface area contributed by atoms with Crippen molar-refractivity contribution >= 4 is 17.2 Å². The average molecular weight is 368 g/mol. The third kappa shape index (κ3) is 2.25. The van der Waals surface area contributed by atoms with Crippen molar-refractivity contribution in [3.05, 3.63) is 59.0 Å². The minimum absolute atomic E-state index is 0.117. The molecule has 0 N–H and O–H groups in total. The lowest BCUT2D eigenvalue weighted by atomic mass is 10.0. The molecule has 130 valence electrons. The van der Waals surface area contributed by atoms with E-state index in [1.807, 2.05) is 18.3 Å². The smallest absolute Gasteiger partial charge is 0.155 e. The summed E-state index contributed by atoms with van der Waals surface area (Å²) in [5.74, 6) is 0.666. The topological polar surface area (TPSA) is 48.0 Å². The summed E-state index contributed by atoms with van der Waals surface area (Å²) < 4.78 is 18.0. The van der Waals surface area contributed by atoms with E-state index in [9.17, 15) is 4.39 Å². The third-order valence-corrected chi connectivity index (χ3v) is 5.13. The first-order valence-corrected chi connectivity index (χ1v) is 8.85. The molecule has 7 heteroatoms. The van der Waals surface area contributed by atoms with Gasteiger partial charge in [0.25, 0.3) is 0 Å². The molecule has 5 rings (SSSR count). The molecule has 0 bridgehead atoms. The molecule has 3 aromatic heterocycles. The summed E-state index contributed by atoms with van der Waals surface area (Å²) in [5.41, 5.74) is 4.96. The van der Waals surface area contributed by atoms with Crippen LogP contribution in [-0.4, -0.2) is 24.1 Å². The van der Waals surface area contributed by atoms with Crippen molar-refractivity contribution in [3.63, 3.8) is 0 Å². The van der Waals surface area contributed by atoms with E-state index >= 15 is 0 Å². The maximum atomic E-state index is 14.0. The van der Waals surface area contributed by atoms with Gasteiger partial charge in [0.1, 0.15) is 18.0 Å². The summed E-state index contributed by atoms with van der Waals surface area (Å²) in [7, 11) is 0. The summed E-state index contributed by atoms with van der Waals surface area (Å²) in [6.07, 6.45) is 5.49. The molecule has 0 saturated heterocycles. The number of benzene rings is 1. The molecule has 0 saturated carbocycles. The van der Waals surface area contributed by atoms with Crippen LogP contribution >= 0.6 is 11.6 Å². The molecule has 0 amide bonds. The van der Waals surface area contributed by atoms with Crippen LogP contribution in [0.3, 0.4) is 0 Å². The number of rotatable bonds is 2. The normalized spacial score (nSPS) is 13.5. The molecule has 0 spiro atoms. The lowest BCUT2D eigenvalue weighted by molar-refractivity contribution is 0.619. The Labute approximate surface area is 154 Å². The maximum Gasteiger partial charge on any atom is 0.155 e. The Morgan fingerprint density at radius 3 is 2.92 bits per heavy atom. The van der Waals surface area contributed by atoms with Crippen molar-refractivity contribution < 1.29 is 4.39 Å². The van der Waals surface area contributed by atoms with Crippen LogP contribution in [0.5, 0.6) is 0 Å². The van der Waals surface area contributed by atoms with Gasteiger partial charge in [-0.05, 0) is 43.2 Å². The molecule has 0 aliphatic carbocycles. The molecule has 0 fully saturated rings. The monoisotopic (exact) mass is 367 g/mol. The second-order valence-electron chi connectivity index (χ2n) is 6.55. The van der Waals surface area contributed by atoms with Crippen molar-refractivity contribution in [1.29, 1.82) is 0 Å². The van der Waals surface area contributed by atoms with Crippen LogP contribution in [-0.2, 0) is 13.0 Å². The summed E-state index contributed by atoms with van der Waals surface area (Å²) in [4.78, 5) is 9.05. The lowest BCUT2D eigenvalue weighted by Crippen LogP contribution is -1.98. The zero-order chi connectivity index (χ0) is 17.8. The molecule has 0 unspecified atom stereocenters. The Hall–Kier alpha value is -2.73. The van der Waals surface area contributed by atoms with Gasteiger partial charge in [-0.15, -0.1) is 0 Å². The van der Waals surface area contributed by atoms with Crippen molar-refractivity contribution in [1.82, 2.24) is 24.1 Å². The highest BCUT2D eigenvalue weighted by molar-refractivity contribution is 6.31. The van der Waals surface area contributed by atoms with Crippen LogP contribution in [0.2, 0.25) is 5.02 Å². The van der Waals surface area contributed by atoms with Crippen LogP contribution in [0.4, 0.5) is 4.39 Å². The Morgan fingerprint density at radius 2 is 2.08 bits per heavy atom. The molecule has 0 radical (unpaired) electrons. The molecule has 5 nitrogen and oxygen atoms in total. The highest BCUT2D eigenvalue weighted by Gasteiger charge is 2.24. The van der Waals surface area contributed by atoms with Crippen molar-refractivity contribution in [2.45, 2.75) is 26.3 Å². The second kappa shape index (κ2) is 5.64. The van der Waals surface area contributed by atoms with Gasteiger partial charge in [0.05, 0.1) is 16.4 Å². The van der Waals surface area contributed by atoms with E-state index in [0.717, 1.165) is 53.4 Å². The fourth-order valence-electron chi connectivity index (χ4n) is 3.64. The minimum atomic E-state index is -0.382. The van der Waals surface area contributed by atoms with E-state index in [4.69, 9.17) is 16.6 Å². The Kier molecular flexibility index (Phi) is 3.37. The number of hydrogen-bond acceptors (Lipinski definition) is 3. The van der Waals surface area contributed by atoms with Gasteiger partial charge in [-0.1, -0.05) is 11.6 Å². The third-order valence-electron chi connectivity index (χ3n) is 4.86. The molecular weight excluding hydrogens is 353 g/mol. The lowest BCUT2D eigenvalue weighted by Gasteiger charge is -2.10. The first-order valence-electron chi connectivity index (χ1n) is 8.47. The Balaban J connectivity index is 1.77. The van der Waals surface area contributed by atoms with Crippen LogP contribution < -0.4 is 0 Å². The molecule has 26 heavy (non-hydrogen) atoms. The van der Waals surface area contributed by atoms with Gasteiger partial charge in [0.2, 0.25) is 0 Å². The van der Waals surface area contributed by atoms with Gasteiger partial charge in [0.15, 0.2) is 5.65 Å². The van der Waals surface area contributed by atoms with Gasteiger partial charge in [-0.25, -0.2) is 18.9 Å². The standard InChI is InChI=1S/C19H15ClFN5/c1-11-7-13(8-14(20)17(11)21)18-19(25-6-2-3-16(25)24-18)12-4-5-15-22-10-23-26(15)9-12/h4-5,7-10H,2-3,6H2,1H3. The number of halogens is 2. The molecular formula is C19H15ClFN5. The number of fused-ring (bicyclic) bond motifs is 2. The first-order chi connectivity index (χ1) is 12.6. The van der Waals surface area contributed by atoms with Gasteiger partial charge < -0.3 is 4.57 Å². The number of aromatic nitrogens is 5. The first kappa shape index (κ1) is 15.5. The van der Waals surface area contributed by atoms with E-state index in [2.05, 4.69) is 14.6 Å². The van der Waals surface area contributed by atoms with Gasteiger partial charge >= 0.3 is 0 Å². The van der Waals surface area contributed by atoms with Crippen LogP contribution in [0.25, 0.3) is 28.2 Å². The molecule has 4 aromatic rings. The fourth-order valence-corrected chi connectivity index (χ4v) is 3.91. The average Bonchev–Trinajstić information content (AvgIpc) is 3.33. The largest absolute Gasteiger partial charge is 0.327 e. The highest BCUT2D eigenvalue weighted by atomic mass is 35.5. The van der Waals surface area contributed by atoms with Crippen molar-refractivity contribution in [2.75, 3.05) is 0 Å². The Bertz CT molecular complexity index is 1140. The fraction of sp³-hybridized carbons (Fsp3) is 0.211. The number of nitrogens with zero attached hydrogens (tertiary/aromatic N) is 5. The SMILES string of the molecule is Cc1cc(-c2nc3n(c2-c2ccc4ncnn4c2)CCC3)cc(Cl)c1F. The molecule has 1 aliphatic rings. The van der Waals surface area contributed by atoms with E-state index in [1.54, 1.807) is 23.6 Å².